The molecule has 5 heteroatoms. The number of carbonyl (C=O) groups excluding carboxylic acids is 1. The fourth-order valence-electron chi connectivity index (χ4n) is 4.83. The largest absolute Gasteiger partial charge is 0.378 e. The van der Waals surface area contributed by atoms with Gasteiger partial charge in [0.15, 0.2) is 0 Å². The molecule has 134 valence electrons. The minimum Gasteiger partial charge on any atom is -0.378 e. The first-order valence-electron chi connectivity index (χ1n) is 9.28. The van der Waals surface area contributed by atoms with Crippen molar-refractivity contribution in [1.29, 1.82) is 0 Å². The second kappa shape index (κ2) is 6.87. The molecule has 0 bridgehead atoms. The van der Waals surface area contributed by atoms with E-state index in [1.807, 2.05) is 25.8 Å². The Morgan fingerprint density at radius 3 is 2.67 bits per heavy atom. The molecule has 1 amide bonds. The number of carbonyl (C=O) groups is 1. The monoisotopic (exact) mass is 334 g/mol. The number of nitrogens with zero attached hydrogens (tertiary/aromatic N) is 2. The van der Waals surface area contributed by atoms with Gasteiger partial charge in [0.2, 0.25) is 5.91 Å². The van der Waals surface area contributed by atoms with Crippen LogP contribution in [0.25, 0.3) is 0 Å². The number of hydrogen-bond donors (Lipinski definition) is 0. The van der Waals surface area contributed by atoms with Crippen LogP contribution >= 0.6 is 0 Å². The Bertz CT molecular complexity index is 570. The minimum atomic E-state index is 0.212. The molecule has 5 nitrogen and oxygen atoms in total. The Balaban J connectivity index is 1.61. The van der Waals surface area contributed by atoms with Crippen molar-refractivity contribution in [1.82, 2.24) is 10.1 Å². The zero-order chi connectivity index (χ0) is 17.3. The van der Waals surface area contributed by atoms with Crippen LogP contribution in [0.1, 0.15) is 62.5 Å². The molecule has 2 aliphatic carbocycles. The molecule has 3 rings (SSSR count). The lowest BCUT2D eigenvalue weighted by molar-refractivity contribution is -0.172. The number of aromatic nitrogens is 1. The number of hydrogen-bond acceptors (Lipinski definition) is 4. The fourth-order valence-corrected chi connectivity index (χ4v) is 4.83. The molecule has 2 aliphatic rings. The number of rotatable bonds is 6. The van der Waals surface area contributed by atoms with E-state index in [0.29, 0.717) is 25.0 Å². The van der Waals surface area contributed by atoms with Crippen molar-refractivity contribution in [3.63, 3.8) is 0 Å². The Hall–Kier alpha value is -1.36. The molecule has 1 heterocycles. The Morgan fingerprint density at radius 2 is 2.08 bits per heavy atom. The average molecular weight is 334 g/mol. The van der Waals surface area contributed by atoms with E-state index in [1.54, 1.807) is 0 Å². The zero-order valence-corrected chi connectivity index (χ0v) is 15.4. The molecule has 0 radical (unpaired) electrons. The Kier molecular flexibility index (Phi) is 5.00. The van der Waals surface area contributed by atoms with Gasteiger partial charge in [-0.1, -0.05) is 18.0 Å². The normalized spacial score (nSPS) is 25.0. The highest BCUT2D eigenvalue weighted by atomic mass is 16.5. The quantitative estimate of drug-likeness (QED) is 0.800. The van der Waals surface area contributed by atoms with Crippen molar-refractivity contribution in [2.75, 3.05) is 13.7 Å². The van der Waals surface area contributed by atoms with Crippen LogP contribution < -0.4 is 0 Å². The first kappa shape index (κ1) is 17.5. The van der Waals surface area contributed by atoms with Gasteiger partial charge >= 0.3 is 0 Å². The molecular formula is C19H30N2O3. The number of amides is 1. The standard InChI is InChI=1S/C19H30N2O3/c1-5-23-17-12-16(19(17)10-6-7-11-19)21(4)18(22)9-8-15-13(2)20-24-14(15)3/h16-17H,5-12H2,1-4H3. The van der Waals surface area contributed by atoms with Crippen LogP contribution in [-0.2, 0) is 16.0 Å². The van der Waals surface area contributed by atoms with E-state index in [2.05, 4.69) is 12.1 Å². The van der Waals surface area contributed by atoms with Crippen LogP contribution in [0.3, 0.4) is 0 Å². The van der Waals surface area contributed by atoms with Gasteiger partial charge in [0, 0.05) is 37.1 Å². The second-order valence-electron chi connectivity index (χ2n) is 7.44. The molecule has 0 saturated heterocycles. The molecular weight excluding hydrogens is 304 g/mol. The highest BCUT2D eigenvalue weighted by molar-refractivity contribution is 5.77. The van der Waals surface area contributed by atoms with E-state index >= 15 is 0 Å². The van der Waals surface area contributed by atoms with Gasteiger partial charge in [-0.2, -0.15) is 0 Å². The second-order valence-corrected chi connectivity index (χ2v) is 7.44. The summed E-state index contributed by atoms with van der Waals surface area (Å²) in [5, 5.41) is 3.97. The van der Waals surface area contributed by atoms with E-state index in [-0.39, 0.29) is 11.3 Å². The summed E-state index contributed by atoms with van der Waals surface area (Å²) in [6, 6.07) is 0.341. The molecule has 2 atom stereocenters. The van der Waals surface area contributed by atoms with E-state index in [1.165, 1.54) is 25.7 Å². The Labute approximate surface area is 144 Å². The van der Waals surface area contributed by atoms with Gasteiger partial charge in [0.1, 0.15) is 5.76 Å². The molecule has 2 unspecified atom stereocenters. The molecule has 0 aromatic carbocycles. The minimum absolute atomic E-state index is 0.212. The van der Waals surface area contributed by atoms with Gasteiger partial charge in [0.05, 0.1) is 11.8 Å². The highest BCUT2D eigenvalue weighted by Crippen LogP contribution is 2.56. The Morgan fingerprint density at radius 1 is 1.38 bits per heavy atom. The molecule has 2 fully saturated rings. The molecule has 1 aromatic heterocycles. The van der Waals surface area contributed by atoms with Crippen LogP contribution in [0.5, 0.6) is 0 Å². The molecule has 2 saturated carbocycles. The third kappa shape index (κ3) is 2.87. The highest BCUT2D eigenvalue weighted by Gasteiger charge is 2.58. The lowest BCUT2D eigenvalue weighted by Crippen LogP contribution is -2.64. The maximum absolute atomic E-state index is 12.7. The van der Waals surface area contributed by atoms with Gasteiger partial charge in [-0.25, -0.2) is 0 Å². The molecule has 24 heavy (non-hydrogen) atoms. The molecule has 1 aromatic rings. The van der Waals surface area contributed by atoms with Gasteiger partial charge in [-0.05, 0) is 46.5 Å². The van der Waals surface area contributed by atoms with E-state index in [4.69, 9.17) is 9.26 Å². The smallest absolute Gasteiger partial charge is 0.222 e. The predicted molar refractivity (Wildman–Crippen MR) is 91.8 cm³/mol. The predicted octanol–water partition coefficient (Wildman–Crippen LogP) is 3.42. The van der Waals surface area contributed by atoms with Crippen molar-refractivity contribution in [3.8, 4) is 0 Å². The topological polar surface area (TPSA) is 55.6 Å². The summed E-state index contributed by atoms with van der Waals surface area (Å²) in [5.41, 5.74) is 2.19. The molecule has 1 spiro atoms. The lowest BCUT2D eigenvalue weighted by Gasteiger charge is -2.57. The third-order valence-electron chi connectivity index (χ3n) is 6.28. The number of aryl methyl sites for hydroxylation is 2. The molecule has 0 N–H and O–H groups in total. The maximum Gasteiger partial charge on any atom is 0.222 e. The van der Waals surface area contributed by atoms with Gasteiger partial charge in [0.25, 0.3) is 0 Å². The maximum atomic E-state index is 12.7. The van der Waals surface area contributed by atoms with E-state index in [9.17, 15) is 4.79 Å². The first-order valence-corrected chi connectivity index (χ1v) is 9.28. The van der Waals surface area contributed by atoms with E-state index < -0.39 is 0 Å². The SMILES string of the molecule is CCOC1CC(N(C)C(=O)CCc2c(C)noc2C)C12CCCC2. The zero-order valence-electron chi connectivity index (χ0n) is 15.4. The molecule has 0 aliphatic heterocycles. The van der Waals surface area contributed by atoms with Crippen molar-refractivity contribution in [2.45, 2.75) is 77.9 Å². The van der Waals surface area contributed by atoms with Gasteiger partial charge in [-0.15, -0.1) is 0 Å². The van der Waals surface area contributed by atoms with Crippen molar-refractivity contribution in [2.24, 2.45) is 5.41 Å². The van der Waals surface area contributed by atoms with Crippen LogP contribution in [0.15, 0.2) is 4.52 Å². The van der Waals surface area contributed by atoms with Crippen LogP contribution in [0, 0.1) is 19.3 Å². The fraction of sp³-hybridized carbons (Fsp3) is 0.789. The van der Waals surface area contributed by atoms with Gasteiger partial charge < -0.3 is 14.2 Å². The average Bonchev–Trinajstić information content (AvgIpc) is 3.18. The van der Waals surface area contributed by atoms with Crippen molar-refractivity contribution < 1.29 is 14.1 Å². The third-order valence-corrected chi connectivity index (χ3v) is 6.28. The first-order chi connectivity index (χ1) is 11.5. The summed E-state index contributed by atoms with van der Waals surface area (Å²) in [6.45, 7) is 6.68. The van der Waals surface area contributed by atoms with Crippen LogP contribution in [-0.4, -0.2) is 41.8 Å². The lowest BCUT2D eigenvalue weighted by atomic mass is 9.60. The summed E-state index contributed by atoms with van der Waals surface area (Å²) in [5.74, 6) is 1.05. The van der Waals surface area contributed by atoms with Crippen LogP contribution in [0.4, 0.5) is 0 Å². The van der Waals surface area contributed by atoms with Gasteiger partial charge in [-0.3, -0.25) is 4.79 Å². The summed E-state index contributed by atoms with van der Waals surface area (Å²) in [7, 11) is 1.97. The van der Waals surface area contributed by atoms with Crippen molar-refractivity contribution in [3.05, 3.63) is 17.0 Å². The summed E-state index contributed by atoms with van der Waals surface area (Å²) >= 11 is 0. The number of ether oxygens (including phenoxy) is 1. The van der Waals surface area contributed by atoms with Crippen LogP contribution in [0.2, 0.25) is 0 Å². The summed E-state index contributed by atoms with van der Waals surface area (Å²) < 4.78 is 11.2. The summed E-state index contributed by atoms with van der Waals surface area (Å²) in [6.07, 6.45) is 7.48. The summed E-state index contributed by atoms with van der Waals surface area (Å²) in [4.78, 5) is 14.7. The van der Waals surface area contributed by atoms with E-state index in [0.717, 1.165) is 30.0 Å². The van der Waals surface area contributed by atoms with Crippen molar-refractivity contribution >= 4 is 5.91 Å².